The maximum atomic E-state index is 13.1. The van der Waals surface area contributed by atoms with Crippen molar-refractivity contribution in [2.24, 2.45) is 0 Å². The van der Waals surface area contributed by atoms with Crippen molar-refractivity contribution in [1.82, 2.24) is 9.88 Å². The van der Waals surface area contributed by atoms with Gasteiger partial charge in [0.05, 0.1) is 32.4 Å². The first-order chi connectivity index (χ1) is 15.1. The third-order valence-corrected chi connectivity index (χ3v) is 5.83. The van der Waals surface area contributed by atoms with E-state index < -0.39 is 0 Å². The SMILES string of the molecule is COc1ccc(CC(=O)N2CCC[C@H]2c2cc(-c3ccc(OC)cc3)cc(C)n2)cc1. The summed E-state index contributed by atoms with van der Waals surface area (Å²) in [6.07, 6.45) is 2.32. The van der Waals surface area contributed by atoms with Crippen molar-refractivity contribution in [3.8, 4) is 22.6 Å². The van der Waals surface area contributed by atoms with Crippen LogP contribution in [0.3, 0.4) is 0 Å². The van der Waals surface area contributed by atoms with Crippen molar-refractivity contribution in [2.45, 2.75) is 32.2 Å². The van der Waals surface area contributed by atoms with Crippen LogP contribution in [0.2, 0.25) is 0 Å². The van der Waals surface area contributed by atoms with Gasteiger partial charge < -0.3 is 14.4 Å². The van der Waals surface area contributed by atoms with Gasteiger partial charge in [0.1, 0.15) is 11.5 Å². The molecule has 3 aromatic rings. The summed E-state index contributed by atoms with van der Waals surface area (Å²) in [5.41, 5.74) is 5.14. The van der Waals surface area contributed by atoms with Gasteiger partial charge in [-0.2, -0.15) is 0 Å². The number of carbonyl (C=O) groups excluding carboxylic acids is 1. The highest BCUT2D eigenvalue weighted by Crippen LogP contribution is 2.34. The van der Waals surface area contributed by atoms with Crippen molar-refractivity contribution in [3.63, 3.8) is 0 Å². The molecule has 0 N–H and O–H groups in total. The van der Waals surface area contributed by atoms with Crippen LogP contribution >= 0.6 is 0 Å². The Morgan fingerprint density at radius 2 is 1.61 bits per heavy atom. The monoisotopic (exact) mass is 416 g/mol. The van der Waals surface area contributed by atoms with E-state index in [4.69, 9.17) is 14.5 Å². The number of pyridine rings is 1. The minimum absolute atomic E-state index is 0.0163. The molecular formula is C26H28N2O3. The molecule has 1 atom stereocenters. The number of benzene rings is 2. The van der Waals surface area contributed by atoms with E-state index in [0.29, 0.717) is 6.42 Å². The molecule has 4 rings (SSSR count). The van der Waals surface area contributed by atoms with Gasteiger partial charge >= 0.3 is 0 Å². The van der Waals surface area contributed by atoms with Crippen molar-refractivity contribution in [3.05, 3.63) is 77.6 Å². The van der Waals surface area contributed by atoms with Crippen LogP contribution < -0.4 is 9.47 Å². The second-order valence-electron chi connectivity index (χ2n) is 7.92. The Bertz CT molecular complexity index is 1050. The Labute approximate surface area is 183 Å². The van der Waals surface area contributed by atoms with Crippen molar-refractivity contribution < 1.29 is 14.3 Å². The van der Waals surface area contributed by atoms with E-state index in [1.54, 1.807) is 14.2 Å². The number of methoxy groups -OCH3 is 2. The molecule has 1 saturated heterocycles. The minimum atomic E-state index is 0.0163. The Kier molecular flexibility index (Phi) is 6.21. The molecule has 5 nitrogen and oxygen atoms in total. The normalized spacial score (nSPS) is 15.7. The number of rotatable bonds is 6. The fraction of sp³-hybridized carbons (Fsp3) is 0.308. The van der Waals surface area contributed by atoms with Crippen molar-refractivity contribution in [2.75, 3.05) is 20.8 Å². The van der Waals surface area contributed by atoms with E-state index in [0.717, 1.165) is 59.0 Å². The van der Waals surface area contributed by atoms with Gasteiger partial charge in [-0.25, -0.2) is 0 Å². The number of ether oxygens (including phenoxy) is 2. The van der Waals surface area contributed by atoms with Gasteiger partial charge in [-0.15, -0.1) is 0 Å². The fourth-order valence-corrected chi connectivity index (χ4v) is 4.21. The van der Waals surface area contributed by atoms with Crippen LogP contribution in [0.25, 0.3) is 11.1 Å². The average Bonchev–Trinajstić information content (AvgIpc) is 3.29. The van der Waals surface area contributed by atoms with Gasteiger partial charge in [0.25, 0.3) is 0 Å². The molecule has 31 heavy (non-hydrogen) atoms. The van der Waals surface area contributed by atoms with E-state index in [1.807, 2.05) is 48.2 Å². The Morgan fingerprint density at radius 1 is 0.968 bits per heavy atom. The first-order valence-corrected chi connectivity index (χ1v) is 10.6. The van der Waals surface area contributed by atoms with Crippen LogP contribution in [0.15, 0.2) is 60.7 Å². The van der Waals surface area contributed by atoms with E-state index in [1.165, 1.54) is 0 Å². The summed E-state index contributed by atoms with van der Waals surface area (Å²) >= 11 is 0. The van der Waals surface area contributed by atoms with Crippen LogP contribution in [0.5, 0.6) is 11.5 Å². The second-order valence-corrected chi connectivity index (χ2v) is 7.92. The van der Waals surface area contributed by atoms with Gasteiger partial charge in [-0.1, -0.05) is 24.3 Å². The highest BCUT2D eigenvalue weighted by molar-refractivity contribution is 5.79. The average molecular weight is 417 g/mol. The van der Waals surface area contributed by atoms with E-state index in [-0.39, 0.29) is 11.9 Å². The Hall–Kier alpha value is -3.34. The zero-order chi connectivity index (χ0) is 21.8. The predicted octanol–water partition coefficient (Wildman–Crippen LogP) is 4.98. The molecule has 2 heterocycles. The maximum Gasteiger partial charge on any atom is 0.227 e. The highest BCUT2D eigenvalue weighted by Gasteiger charge is 2.31. The van der Waals surface area contributed by atoms with Gasteiger partial charge in [0.2, 0.25) is 5.91 Å². The number of carbonyl (C=O) groups is 1. The molecule has 0 unspecified atom stereocenters. The third kappa shape index (κ3) is 4.71. The summed E-state index contributed by atoms with van der Waals surface area (Å²) in [5.74, 6) is 1.77. The third-order valence-electron chi connectivity index (χ3n) is 5.83. The lowest BCUT2D eigenvalue weighted by Gasteiger charge is -2.25. The summed E-state index contributed by atoms with van der Waals surface area (Å²) < 4.78 is 10.5. The number of aromatic nitrogens is 1. The van der Waals surface area contributed by atoms with E-state index in [9.17, 15) is 4.79 Å². The number of amides is 1. The smallest absolute Gasteiger partial charge is 0.227 e. The molecule has 1 aliphatic rings. The first kappa shape index (κ1) is 20.9. The van der Waals surface area contributed by atoms with Crippen LogP contribution in [-0.2, 0) is 11.2 Å². The highest BCUT2D eigenvalue weighted by atomic mass is 16.5. The number of hydrogen-bond donors (Lipinski definition) is 0. The summed E-state index contributed by atoms with van der Waals surface area (Å²) in [4.78, 5) is 19.9. The number of nitrogens with zero attached hydrogens (tertiary/aromatic N) is 2. The molecule has 160 valence electrons. The zero-order valence-electron chi connectivity index (χ0n) is 18.3. The maximum absolute atomic E-state index is 13.1. The molecule has 0 bridgehead atoms. The molecule has 0 aliphatic carbocycles. The Balaban J connectivity index is 1.55. The van der Waals surface area contributed by atoms with Crippen LogP contribution in [0.4, 0.5) is 0 Å². The molecule has 0 spiro atoms. The predicted molar refractivity (Wildman–Crippen MR) is 121 cm³/mol. The number of aryl methyl sites for hydroxylation is 1. The second kappa shape index (κ2) is 9.21. The summed E-state index contributed by atoms with van der Waals surface area (Å²) in [7, 11) is 3.31. The van der Waals surface area contributed by atoms with E-state index in [2.05, 4.69) is 24.3 Å². The zero-order valence-corrected chi connectivity index (χ0v) is 18.3. The van der Waals surface area contributed by atoms with Gasteiger partial charge in [0.15, 0.2) is 0 Å². The molecule has 1 fully saturated rings. The summed E-state index contributed by atoms with van der Waals surface area (Å²) in [5, 5.41) is 0. The van der Waals surface area contributed by atoms with Crippen LogP contribution in [-0.4, -0.2) is 36.6 Å². The van der Waals surface area contributed by atoms with Crippen LogP contribution in [0.1, 0.15) is 35.8 Å². The number of hydrogen-bond acceptors (Lipinski definition) is 4. The van der Waals surface area contributed by atoms with E-state index >= 15 is 0 Å². The molecule has 2 aromatic carbocycles. The molecule has 5 heteroatoms. The molecule has 0 saturated carbocycles. The lowest BCUT2D eigenvalue weighted by Crippen LogP contribution is -2.32. The van der Waals surface area contributed by atoms with Crippen molar-refractivity contribution >= 4 is 5.91 Å². The largest absolute Gasteiger partial charge is 0.497 e. The standard InChI is InChI=1S/C26H28N2O3/c1-18-15-21(20-8-12-23(31-3)13-9-20)17-24(27-18)25-5-4-14-28(25)26(29)16-19-6-10-22(30-2)11-7-19/h6-13,15,17,25H,4-5,14,16H2,1-3H3/t25-/m0/s1. The lowest BCUT2D eigenvalue weighted by molar-refractivity contribution is -0.131. The van der Waals surface area contributed by atoms with Crippen LogP contribution in [0, 0.1) is 6.92 Å². The quantitative estimate of drug-likeness (QED) is 0.569. The molecular weight excluding hydrogens is 388 g/mol. The lowest BCUT2D eigenvalue weighted by atomic mass is 10.0. The molecule has 1 amide bonds. The first-order valence-electron chi connectivity index (χ1n) is 10.6. The topological polar surface area (TPSA) is 51.7 Å². The summed E-state index contributed by atoms with van der Waals surface area (Å²) in [6, 6.07) is 20.0. The summed E-state index contributed by atoms with van der Waals surface area (Å²) in [6.45, 7) is 2.78. The molecule has 1 aromatic heterocycles. The Morgan fingerprint density at radius 3 is 2.26 bits per heavy atom. The van der Waals surface area contributed by atoms with Crippen molar-refractivity contribution in [1.29, 1.82) is 0 Å². The minimum Gasteiger partial charge on any atom is -0.497 e. The van der Waals surface area contributed by atoms with Gasteiger partial charge in [-0.3, -0.25) is 9.78 Å². The molecule has 0 radical (unpaired) electrons. The van der Waals surface area contributed by atoms with Gasteiger partial charge in [-0.05, 0) is 72.9 Å². The number of likely N-dealkylation sites (tertiary alicyclic amines) is 1. The fourth-order valence-electron chi connectivity index (χ4n) is 4.21. The van der Waals surface area contributed by atoms with Gasteiger partial charge in [0, 0.05) is 12.2 Å². The molecule has 1 aliphatic heterocycles.